The monoisotopic (exact) mass is 367 g/mol. The van der Waals surface area contributed by atoms with Crippen LogP contribution in [0.2, 0.25) is 5.28 Å². The highest BCUT2D eigenvalue weighted by Crippen LogP contribution is 2.32. The summed E-state index contributed by atoms with van der Waals surface area (Å²) in [4.78, 5) is 13.7. The number of H-pyrrole nitrogens is 1. The molecule has 1 N–H and O–H groups in total. The summed E-state index contributed by atoms with van der Waals surface area (Å²) in [6, 6.07) is 8.49. The molecule has 0 bridgehead atoms. The molecule has 3 heterocycles. The Bertz CT molecular complexity index is 993. The van der Waals surface area contributed by atoms with Crippen LogP contribution >= 0.6 is 11.6 Å². The van der Waals surface area contributed by atoms with E-state index in [0.29, 0.717) is 23.9 Å². The van der Waals surface area contributed by atoms with Crippen LogP contribution < -0.4 is 4.74 Å². The highest BCUT2D eigenvalue weighted by molar-refractivity contribution is 6.28. The Morgan fingerprint density at radius 2 is 2.35 bits per heavy atom. The molecule has 3 aromatic rings. The van der Waals surface area contributed by atoms with E-state index in [4.69, 9.17) is 16.3 Å². The third-order valence-electron chi connectivity index (χ3n) is 4.90. The van der Waals surface area contributed by atoms with Gasteiger partial charge in [-0.15, -0.1) is 0 Å². The van der Waals surface area contributed by atoms with E-state index >= 15 is 0 Å². The van der Waals surface area contributed by atoms with Gasteiger partial charge in [-0.05, 0) is 50.2 Å². The van der Waals surface area contributed by atoms with Gasteiger partial charge in [-0.3, -0.25) is 0 Å². The lowest BCUT2D eigenvalue weighted by atomic mass is 10.1. The summed E-state index contributed by atoms with van der Waals surface area (Å²) >= 11 is 5.92. The van der Waals surface area contributed by atoms with Crippen molar-refractivity contribution in [2.75, 3.05) is 20.2 Å². The second-order valence-electron chi connectivity index (χ2n) is 6.51. The van der Waals surface area contributed by atoms with Gasteiger partial charge in [0.25, 0.3) is 0 Å². The number of benzene rings is 1. The van der Waals surface area contributed by atoms with Crippen LogP contribution in [-0.2, 0) is 0 Å². The van der Waals surface area contributed by atoms with Gasteiger partial charge < -0.3 is 14.6 Å². The first-order valence-corrected chi connectivity index (χ1v) is 8.90. The number of nitriles is 1. The summed E-state index contributed by atoms with van der Waals surface area (Å²) in [5.41, 5.74) is 2.67. The number of ether oxygens (including phenoxy) is 1. The van der Waals surface area contributed by atoms with Crippen molar-refractivity contribution >= 4 is 22.5 Å². The third-order valence-corrected chi connectivity index (χ3v) is 5.08. The fourth-order valence-electron chi connectivity index (χ4n) is 3.42. The molecule has 0 saturated carbocycles. The van der Waals surface area contributed by atoms with Gasteiger partial charge in [0, 0.05) is 34.8 Å². The van der Waals surface area contributed by atoms with Crippen molar-refractivity contribution in [2.24, 2.45) is 0 Å². The number of hydrogen-bond acceptors (Lipinski definition) is 5. The molecule has 1 aliphatic heterocycles. The molecule has 2 aromatic heterocycles. The zero-order valence-electron chi connectivity index (χ0n) is 14.4. The Balaban J connectivity index is 1.62. The van der Waals surface area contributed by atoms with Crippen molar-refractivity contribution < 1.29 is 4.74 Å². The average molecular weight is 368 g/mol. The molecule has 7 heteroatoms. The van der Waals surface area contributed by atoms with E-state index in [2.05, 4.69) is 33.0 Å². The maximum absolute atomic E-state index is 9.31. The fourth-order valence-corrected chi connectivity index (χ4v) is 3.55. The van der Waals surface area contributed by atoms with E-state index in [9.17, 15) is 5.26 Å². The molecule has 1 aromatic carbocycles. The lowest BCUT2D eigenvalue weighted by Crippen LogP contribution is -2.30. The maximum Gasteiger partial charge on any atom is 0.222 e. The number of halogens is 1. The summed E-state index contributed by atoms with van der Waals surface area (Å²) in [6.07, 6.45) is 5.68. The first-order chi connectivity index (χ1) is 12.7. The van der Waals surface area contributed by atoms with Gasteiger partial charge in [-0.25, -0.2) is 9.97 Å². The average Bonchev–Trinajstić information content (AvgIpc) is 3.25. The summed E-state index contributed by atoms with van der Waals surface area (Å²) in [5, 5.41) is 10.4. The number of likely N-dealkylation sites (N-methyl/N-ethyl adjacent to an activating group) is 1. The van der Waals surface area contributed by atoms with E-state index in [1.807, 2.05) is 24.4 Å². The summed E-state index contributed by atoms with van der Waals surface area (Å²) in [6.45, 7) is 1.82. The van der Waals surface area contributed by atoms with E-state index < -0.39 is 0 Å². The summed E-state index contributed by atoms with van der Waals surface area (Å²) in [7, 11) is 2.14. The zero-order valence-corrected chi connectivity index (χ0v) is 15.1. The molecule has 0 aliphatic carbocycles. The minimum atomic E-state index is 0.119. The van der Waals surface area contributed by atoms with E-state index in [1.165, 1.54) is 19.0 Å². The predicted molar refractivity (Wildman–Crippen MR) is 100 cm³/mol. The molecule has 6 nitrogen and oxygen atoms in total. The lowest BCUT2D eigenvalue weighted by Gasteiger charge is -2.19. The van der Waals surface area contributed by atoms with Gasteiger partial charge in [-0.2, -0.15) is 5.26 Å². The van der Waals surface area contributed by atoms with Crippen molar-refractivity contribution in [3.8, 4) is 23.1 Å². The number of nitrogens with one attached hydrogen (secondary N) is 1. The smallest absolute Gasteiger partial charge is 0.222 e. The molecule has 1 atom stereocenters. The molecule has 26 heavy (non-hydrogen) atoms. The normalized spacial score (nSPS) is 17.5. The zero-order chi connectivity index (χ0) is 18.1. The highest BCUT2D eigenvalue weighted by atomic mass is 35.5. The van der Waals surface area contributed by atoms with Crippen molar-refractivity contribution in [2.45, 2.75) is 18.9 Å². The summed E-state index contributed by atoms with van der Waals surface area (Å²) < 4.78 is 5.99. The Labute approximate surface area is 156 Å². The Hall–Kier alpha value is -2.62. The molecule has 1 unspecified atom stereocenters. The molecular weight excluding hydrogens is 350 g/mol. The van der Waals surface area contributed by atoms with Crippen LogP contribution in [0.5, 0.6) is 5.75 Å². The standard InChI is InChI=1S/C19H18ClN5O/c1-25-6-2-3-13(25)11-26-14-4-5-15-16(10-22-17(15)7-14)18-12(8-21)9-23-19(20)24-18/h4-5,7,9-10,13,22H,2-3,6,11H2,1H3. The number of aromatic amines is 1. The number of nitrogens with zero attached hydrogens (tertiary/aromatic N) is 4. The van der Waals surface area contributed by atoms with E-state index in [1.54, 1.807) is 0 Å². The lowest BCUT2D eigenvalue weighted by molar-refractivity contribution is 0.198. The molecule has 132 valence electrons. The number of hydrogen-bond donors (Lipinski definition) is 1. The second-order valence-corrected chi connectivity index (χ2v) is 6.85. The number of fused-ring (bicyclic) bond motifs is 1. The quantitative estimate of drug-likeness (QED) is 0.712. The van der Waals surface area contributed by atoms with Crippen molar-refractivity contribution in [3.63, 3.8) is 0 Å². The number of rotatable bonds is 4. The van der Waals surface area contributed by atoms with Gasteiger partial charge >= 0.3 is 0 Å². The molecular formula is C19H18ClN5O. The van der Waals surface area contributed by atoms with Gasteiger partial charge in [0.15, 0.2) is 0 Å². The van der Waals surface area contributed by atoms with Crippen LogP contribution in [0.25, 0.3) is 22.2 Å². The third kappa shape index (κ3) is 3.12. The second kappa shape index (κ2) is 6.94. The molecule has 1 fully saturated rings. The molecule has 1 saturated heterocycles. The topological polar surface area (TPSA) is 77.8 Å². The molecule has 0 spiro atoms. The molecule has 0 amide bonds. The molecule has 0 radical (unpaired) electrons. The van der Waals surface area contributed by atoms with E-state index in [-0.39, 0.29) is 5.28 Å². The Morgan fingerprint density at radius 3 is 3.12 bits per heavy atom. The van der Waals surface area contributed by atoms with Gasteiger partial charge in [0.1, 0.15) is 18.4 Å². The van der Waals surface area contributed by atoms with Gasteiger partial charge in [0.2, 0.25) is 5.28 Å². The van der Waals surface area contributed by atoms with Crippen LogP contribution in [-0.4, -0.2) is 46.1 Å². The van der Waals surface area contributed by atoms with Crippen LogP contribution in [0.15, 0.2) is 30.6 Å². The minimum Gasteiger partial charge on any atom is -0.492 e. The van der Waals surface area contributed by atoms with Crippen LogP contribution in [0.3, 0.4) is 0 Å². The predicted octanol–water partition coefficient (Wildman–Crippen LogP) is 3.62. The Kier molecular flexibility index (Phi) is 4.49. The number of aromatic nitrogens is 3. The SMILES string of the molecule is CN1CCCC1COc1ccc2c(-c3nc(Cl)ncc3C#N)c[nH]c2c1. The first-order valence-electron chi connectivity index (χ1n) is 8.53. The van der Waals surface area contributed by atoms with Crippen LogP contribution in [0.1, 0.15) is 18.4 Å². The Morgan fingerprint density at radius 1 is 1.46 bits per heavy atom. The largest absolute Gasteiger partial charge is 0.492 e. The summed E-state index contributed by atoms with van der Waals surface area (Å²) in [5.74, 6) is 0.826. The fraction of sp³-hybridized carbons (Fsp3) is 0.316. The van der Waals surface area contributed by atoms with Crippen molar-refractivity contribution in [3.05, 3.63) is 41.4 Å². The number of likely N-dealkylation sites (tertiary alicyclic amines) is 1. The van der Waals surface area contributed by atoms with Gasteiger partial charge in [-0.1, -0.05) is 0 Å². The minimum absolute atomic E-state index is 0.119. The van der Waals surface area contributed by atoms with Crippen molar-refractivity contribution in [1.82, 2.24) is 19.9 Å². The van der Waals surface area contributed by atoms with Gasteiger partial charge in [0.05, 0.1) is 17.5 Å². The van der Waals surface area contributed by atoms with Crippen molar-refractivity contribution in [1.29, 1.82) is 5.26 Å². The first kappa shape index (κ1) is 16.8. The van der Waals surface area contributed by atoms with E-state index in [0.717, 1.165) is 28.8 Å². The van der Waals surface area contributed by atoms with Crippen LogP contribution in [0.4, 0.5) is 0 Å². The molecule has 1 aliphatic rings. The highest BCUT2D eigenvalue weighted by Gasteiger charge is 2.21. The molecule has 4 rings (SSSR count). The maximum atomic E-state index is 9.31. The van der Waals surface area contributed by atoms with Crippen LogP contribution in [0, 0.1) is 11.3 Å².